The summed E-state index contributed by atoms with van der Waals surface area (Å²) in [5, 5.41) is 20.5. The molecule has 3 nitrogen and oxygen atoms in total. The van der Waals surface area contributed by atoms with Crippen molar-refractivity contribution in [2.45, 2.75) is 12.3 Å². The molecular formula is C11H9Cl2F3N2O. The molecule has 0 spiro atoms. The molecule has 0 radical (unpaired) electrons. The van der Waals surface area contributed by atoms with Crippen molar-refractivity contribution in [2.75, 3.05) is 17.7 Å². The van der Waals surface area contributed by atoms with Gasteiger partial charge in [0.1, 0.15) is 6.07 Å². The van der Waals surface area contributed by atoms with E-state index in [-0.39, 0.29) is 28.7 Å². The van der Waals surface area contributed by atoms with Crippen LogP contribution >= 0.6 is 23.2 Å². The Morgan fingerprint density at radius 1 is 1.42 bits per heavy atom. The Morgan fingerprint density at radius 2 is 2.05 bits per heavy atom. The van der Waals surface area contributed by atoms with Crippen molar-refractivity contribution in [1.29, 1.82) is 5.26 Å². The molecule has 0 aliphatic heterocycles. The predicted octanol–water partition coefficient (Wildman–Crippen LogP) is 3.24. The van der Waals surface area contributed by atoms with Crippen LogP contribution in [-0.2, 0) is 6.18 Å². The van der Waals surface area contributed by atoms with Crippen LogP contribution in [0.25, 0.3) is 0 Å². The molecule has 0 aliphatic carbocycles. The number of nitrogens with one attached hydrogen (secondary N) is 1. The minimum absolute atomic E-state index is 0.0245. The first-order valence-electron chi connectivity index (χ1n) is 5.08. The van der Waals surface area contributed by atoms with Crippen molar-refractivity contribution in [3.63, 3.8) is 0 Å². The third-order valence-corrected chi connectivity index (χ3v) is 2.88. The van der Waals surface area contributed by atoms with E-state index < -0.39 is 17.8 Å². The Bertz CT molecular complexity index is 500. The first-order chi connectivity index (χ1) is 8.79. The molecule has 19 heavy (non-hydrogen) atoms. The van der Waals surface area contributed by atoms with Crippen LogP contribution in [0.2, 0.25) is 5.02 Å². The van der Waals surface area contributed by atoms with Crippen LogP contribution in [0, 0.1) is 11.3 Å². The fourth-order valence-corrected chi connectivity index (χ4v) is 1.71. The summed E-state index contributed by atoms with van der Waals surface area (Å²) in [6.07, 6.45) is -5.48. The number of nitriles is 1. The lowest BCUT2D eigenvalue weighted by Gasteiger charge is -2.15. The molecule has 0 heterocycles. The lowest BCUT2D eigenvalue weighted by atomic mass is 10.1. The van der Waals surface area contributed by atoms with Crippen molar-refractivity contribution >= 4 is 28.9 Å². The highest BCUT2D eigenvalue weighted by Gasteiger charge is 2.32. The van der Waals surface area contributed by atoms with Crippen molar-refractivity contribution in [2.24, 2.45) is 0 Å². The normalized spacial score (nSPS) is 12.9. The van der Waals surface area contributed by atoms with Gasteiger partial charge in [-0.15, -0.1) is 11.6 Å². The number of benzene rings is 1. The number of rotatable bonds is 4. The Labute approximate surface area is 117 Å². The maximum Gasteiger partial charge on any atom is 0.416 e. The summed E-state index contributed by atoms with van der Waals surface area (Å²) in [5.41, 5.74) is -1.21. The molecule has 1 atom stereocenters. The van der Waals surface area contributed by atoms with Crippen molar-refractivity contribution in [3.8, 4) is 6.07 Å². The van der Waals surface area contributed by atoms with E-state index in [1.807, 2.05) is 0 Å². The largest absolute Gasteiger partial charge is 0.416 e. The SMILES string of the molecule is N#Cc1cc(C(F)(F)F)cc(Cl)c1NCC(O)CCl. The first kappa shape index (κ1) is 15.9. The average molecular weight is 313 g/mol. The van der Waals surface area contributed by atoms with Gasteiger partial charge in [0.2, 0.25) is 0 Å². The number of aliphatic hydroxyl groups excluding tert-OH is 1. The monoisotopic (exact) mass is 312 g/mol. The Hall–Kier alpha value is -1.16. The third-order valence-electron chi connectivity index (χ3n) is 2.23. The van der Waals surface area contributed by atoms with Gasteiger partial charge in [0.15, 0.2) is 0 Å². The number of aliphatic hydroxyl groups is 1. The highest BCUT2D eigenvalue weighted by atomic mass is 35.5. The van der Waals surface area contributed by atoms with Gasteiger partial charge in [0.25, 0.3) is 0 Å². The van der Waals surface area contributed by atoms with Crippen LogP contribution in [0.15, 0.2) is 12.1 Å². The second kappa shape index (κ2) is 6.33. The summed E-state index contributed by atoms with van der Waals surface area (Å²) in [5.74, 6) is -0.0485. The van der Waals surface area contributed by atoms with Crippen molar-refractivity contribution in [3.05, 3.63) is 28.3 Å². The first-order valence-corrected chi connectivity index (χ1v) is 5.99. The van der Waals surface area contributed by atoms with E-state index >= 15 is 0 Å². The Morgan fingerprint density at radius 3 is 2.53 bits per heavy atom. The summed E-state index contributed by atoms with van der Waals surface area (Å²) in [6.45, 7) is -0.0245. The lowest BCUT2D eigenvalue weighted by molar-refractivity contribution is -0.137. The molecule has 0 bridgehead atoms. The number of hydrogen-bond acceptors (Lipinski definition) is 3. The van der Waals surface area contributed by atoms with Gasteiger partial charge in [0.05, 0.1) is 33.8 Å². The molecule has 8 heteroatoms. The maximum atomic E-state index is 12.5. The fraction of sp³-hybridized carbons (Fsp3) is 0.364. The second-order valence-electron chi connectivity index (χ2n) is 3.68. The summed E-state index contributed by atoms with van der Waals surface area (Å²) >= 11 is 11.1. The zero-order chi connectivity index (χ0) is 14.6. The van der Waals surface area contributed by atoms with Crippen LogP contribution in [0.3, 0.4) is 0 Å². The molecule has 1 rings (SSSR count). The summed E-state index contributed by atoms with van der Waals surface area (Å²) in [7, 11) is 0. The fourth-order valence-electron chi connectivity index (χ4n) is 1.31. The van der Waals surface area contributed by atoms with Gasteiger partial charge in [0, 0.05) is 6.54 Å². The van der Waals surface area contributed by atoms with Crippen molar-refractivity contribution < 1.29 is 18.3 Å². The predicted molar refractivity (Wildman–Crippen MR) is 66.4 cm³/mol. The molecule has 2 N–H and O–H groups in total. The molecular weight excluding hydrogens is 304 g/mol. The van der Waals surface area contributed by atoms with E-state index in [9.17, 15) is 18.3 Å². The van der Waals surface area contributed by atoms with E-state index in [0.29, 0.717) is 6.07 Å². The van der Waals surface area contributed by atoms with Gasteiger partial charge < -0.3 is 10.4 Å². The van der Waals surface area contributed by atoms with Gasteiger partial charge >= 0.3 is 6.18 Å². The topological polar surface area (TPSA) is 56.0 Å². The number of anilines is 1. The van der Waals surface area contributed by atoms with Gasteiger partial charge in [-0.2, -0.15) is 18.4 Å². The molecule has 0 amide bonds. The lowest BCUT2D eigenvalue weighted by Crippen LogP contribution is -2.21. The zero-order valence-corrected chi connectivity index (χ0v) is 10.9. The minimum Gasteiger partial charge on any atom is -0.390 e. The second-order valence-corrected chi connectivity index (χ2v) is 4.40. The Balaban J connectivity index is 3.10. The van der Waals surface area contributed by atoms with Gasteiger partial charge in [-0.05, 0) is 12.1 Å². The summed E-state index contributed by atoms with van der Waals surface area (Å²) in [4.78, 5) is 0. The van der Waals surface area contributed by atoms with Crippen LogP contribution < -0.4 is 5.32 Å². The van der Waals surface area contributed by atoms with E-state index in [1.54, 1.807) is 6.07 Å². The summed E-state index contributed by atoms with van der Waals surface area (Å²) in [6, 6.07) is 3.04. The molecule has 1 aromatic rings. The van der Waals surface area contributed by atoms with Crippen LogP contribution in [0.4, 0.5) is 18.9 Å². The quantitative estimate of drug-likeness (QED) is 0.839. The third kappa shape index (κ3) is 4.16. The highest BCUT2D eigenvalue weighted by molar-refractivity contribution is 6.33. The van der Waals surface area contributed by atoms with E-state index in [0.717, 1.165) is 6.07 Å². The van der Waals surface area contributed by atoms with Gasteiger partial charge in [-0.25, -0.2) is 0 Å². The van der Waals surface area contributed by atoms with E-state index in [2.05, 4.69) is 5.32 Å². The molecule has 1 aromatic carbocycles. The standard InChI is InChI=1S/C11H9Cl2F3N2O/c12-3-8(19)5-18-10-6(4-17)1-7(2-9(10)13)11(14,15)16/h1-2,8,18-19H,3,5H2. The smallest absolute Gasteiger partial charge is 0.390 e. The molecule has 0 aromatic heterocycles. The van der Waals surface area contributed by atoms with E-state index in [1.165, 1.54) is 0 Å². The Kier molecular flexibility index (Phi) is 5.29. The minimum atomic E-state index is -4.58. The molecule has 0 saturated heterocycles. The van der Waals surface area contributed by atoms with E-state index in [4.69, 9.17) is 28.5 Å². The van der Waals surface area contributed by atoms with Gasteiger partial charge in [-0.3, -0.25) is 0 Å². The molecule has 0 saturated carbocycles. The number of halogens is 5. The summed E-state index contributed by atoms with van der Waals surface area (Å²) < 4.78 is 37.6. The molecule has 0 aliphatic rings. The van der Waals surface area contributed by atoms with Crippen LogP contribution in [-0.4, -0.2) is 23.6 Å². The van der Waals surface area contributed by atoms with Crippen LogP contribution in [0.5, 0.6) is 0 Å². The molecule has 0 fully saturated rings. The molecule has 1 unspecified atom stereocenters. The maximum absolute atomic E-state index is 12.5. The van der Waals surface area contributed by atoms with Gasteiger partial charge in [-0.1, -0.05) is 11.6 Å². The highest BCUT2D eigenvalue weighted by Crippen LogP contribution is 2.36. The number of alkyl halides is 4. The number of nitrogens with zero attached hydrogens (tertiary/aromatic N) is 1. The average Bonchev–Trinajstić information content (AvgIpc) is 2.34. The van der Waals surface area contributed by atoms with Crippen LogP contribution in [0.1, 0.15) is 11.1 Å². The van der Waals surface area contributed by atoms with Crippen molar-refractivity contribution in [1.82, 2.24) is 0 Å². The molecule has 104 valence electrons. The zero-order valence-electron chi connectivity index (χ0n) is 9.43. The number of hydrogen-bond donors (Lipinski definition) is 2.